The molecule has 3 nitrogen and oxygen atoms in total. The summed E-state index contributed by atoms with van der Waals surface area (Å²) in [7, 11) is 0. The topological polar surface area (TPSA) is 43.4 Å². The molecule has 1 aromatic carbocycles. The second-order valence-electron chi connectivity index (χ2n) is 2.70. The van der Waals surface area contributed by atoms with Crippen LogP contribution in [-0.2, 0) is 14.3 Å². The molecule has 0 radical (unpaired) electrons. The molecular weight excluding hydrogens is 204 g/mol. The van der Waals surface area contributed by atoms with Gasteiger partial charge in [0.25, 0.3) is 5.24 Å². The van der Waals surface area contributed by atoms with E-state index in [9.17, 15) is 9.59 Å². The van der Waals surface area contributed by atoms with Crippen LogP contribution < -0.4 is 0 Å². The van der Waals surface area contributed by atoms with Crippen molar-refractivity contribution in [1.82, 2.24) is 0 Å². The van der Waals surface area contributed by atoms with E-state index in [2.05, 4.69) is 0 Å². The van der Waals surface area contributed by atoms with Crippen molar-refractivity contribution < 1.29 is 14.3 Å². The number of hydrogen-bond acceptors (Lipinski definition) is 3. The van der Waals surface area contributed by atoms with E-state index in [1.807, 2.05) is 0 Å². The van der Waals surface area contributed by atoms with Gasteiger partial charge in [0, 0.05) is 12.5 Å². The summed E-state index contributed by atoms with van der Waals surface area (Å²) in [4.78, 5) is 21.7. The largest absolute Gasteiger partial charge is 0.448 e. The van der Waals surface area contributed by atoms with Gasteiger partial charge in [0.05, 0.1) is 0 Å². The highest BCUT2D eigenvalue weighted by atomic mass is 35.5. The lowest BCUT2D eigenvalue weighted by atomic mass is 10.1. The third-order valence-corrected chi connectivity index (χ3v) is 1.79. The van der Waals surface area contributed by atoms with Crippen molar-refractivity contribution in [2.75, 3.05) is 0 Å². The van der Waals surface area contributed by atoms with Crippen LogP contribution in [0.2, 0.25) is 0 Å². The van der Waals surface area contributed by atoms with E-state index in [1.54, 1.807) is 30.3 Å². The third kappa shape index (κ3) is 2.85. The van der Waals surface area contributed by atoms with E-state index in [0.717, 1.165) is 0 Å². The zero-order chi connectivity index (χ0) is 10.6. The summed E-state index contributed by atoms with van der Waals surface area (Å²) in [6.07, 6.45) is -1.00. The minimum absolute atomic E-state index is 0.534. The summed E-state index contributed by atoms with van der Waals surface area (Å²) in [5, 5.41) is -0.702. The second kappa shape index (κ2) is 4.77. The average Bonchev–Trinajstić information content (AvgIpc) is 2.15. The average molecular weight is 213 g/mol. The molecule has 14 heavy (non-hydrogen) atoms. The summed E-state index contributed by atoms with van der Waals surface area (Å²) in [5.74, 6) is -0.534. The van der Waals surface area contributed by atoms with Crippen molar-refractivity contribution in [2.24, 2.45) is 0 Å². The number of hydrogen-bond donors (Lipinski definition) is 0. The van der Waals surface area contributed by atoms with Crippen molar-refractivity contribution in [1.29, 1.82) is 0 Å². The van der Waals surface area contributed by atoms with Gasteiger partial charge in [-0.1, -0.05) is 30.3 Å². The lowest BCUT2D eigenvalue weighted by Gasteiger charge is -2.12. The Labute approximate surface area is 86.6 Å². The molecule has 0 aliphatic heterocycles. The van der Waals surface area contributed by atoms with Crippen LogP contribution >= 0.6 is 11.6 Å². The van der Waals surface area contributed by atoms with E-state index >= 15 is 0 Å². The van der Waals surface area contributed by atoms with Gasteiger partial charge >= 0.3 is 5.97 Å². The highest BCUT2D eigenvalue weighted by molar-refractivity contribution is 6.64. The van der Waals surface area contributed by atoms with E-state index in [0.29, 0.717) is 5.56 Å². The number of ether oxygens (including phenoxy) is 1. The highest BCUT2D eigenvalue weighted by Gasteiger charge is 2.21. The van der Waals surface area contributed by atoms with Gasteiger partial charge in [0.1, 0.15) is 0 Å². The van der Waals surface area contributed by atoms with Gasteiger partial charge in [-0.3, -0.25) is 9.59 Å². The first-order valence-electron chi connectivity index (χ1n) is 4.03. The van der Waals surface area contributed by atoms with Gasteiger partial charge in [-0.2, -0.15) is 0 Å². The van der Waals surface area contributed by atoms with E-state index in [-0.39, 0.29) is 0 Å². The predicted octanol–water partition coefficient (Wildman–Crippen LogP) is 2.06. The summed E-state index contributed by atoms with van der Waals surface area (Å²) >= 11 is 5.31. The Morgan fingerprint density at radius 3 is 2.29 bits per heavy atom. The quantitative estimate of drug-likeness (QED) is 0.569. The molecule has 1 rings (SSSR count). The van der Waals surface area contributed by atoms with Crippen LogP contribution in [0.25, 0.3) is 0 Å². The second-order valence-corrected chi connectivity index (χ2v) is 3.08. The molecule has 0 aromatic heterocycles. The van der Waals surface area contributed by atoms with Crippen LogP contribution in [-0.4, -0.2) is 11.2 Å². The number of benzene rings is 1. The fourth-order valence-electron chi connectivity index (χ4n) is 1.04. The molecule has 0 aliphatic carbocycles. The maximum atomic E-state index is 11.0. The summed E-state index contributed by atoms with van der Waals surface area (Å²) in [6.45, 7) is 1.23. The Morgan fingerprint density at radius 1 is 1.29 bits per heavy atom. The molecule has 0 fully saturated rings. The van der Waals surface area contributed by atoms with Crippen LogP contribution in [0.5, 0.6) is 0 Å². The highest BCUT2D eigenvalue weighted by Crippen LogP contribution is 2.19. The first-order chi connectivity index (χ1) is 6.61. The minimum atomic E-state index is -1.00. The first-order valence-corrected chi connectivity index (χ1v) is 4.40. The van der Waals surface area contributed by atoms with E-state index in [1.165, 1.54) is 6.92 Å². The lowest BCUT2D eigenvalue weighted by Crippen LogP contribution is -2.14. The minimum Gasteiger partial charge on any atom is -0.448 e. The number of carbonyl (C=O) groups is 2. The SMILES string of the molecule is CC(=O)O[C@H](C(=O)Cl)c1ccccc1. The van der Waals surface area contributed by atoms with Gasteiger partial charge in [-0.25, -0.2) is 0 Å². The molecule has 0 unspecified atom stereocenters. The van der Waals surface area contributed by atoms with Crippen molar-refractivity contribution in [2.45, 2.75) is 13.0 Å². The molecule has 74 valence electrons. The predicted molar refractivity (Wildman–Crippen MR) is 51.8 cm³/mol. The lowest BCUT2D eigenvalue weighted by molar-refractivity contribution is -0.150. The molecule has 1 atom stereocenters. The van der Waals surface area contributed by atoms with Crippen LogP contribution in [0.1, 0.15) is 18.6 Å². The molecule has 1 aromatic rings. The molecular formula is C10H9ClO3. The molecule has 0 saturated carbocycles. The van der Waals surface area contributed by atoms with Gasteiger partial charge in [-0.15, -0.1) is 0 Å². The van der Waals surface area contributed by atoms with Crippen molar-refractivity contribution >= 4 is 22.8 Å². The Kier molecular flexibility index (Phi) is 3.65. The zero-order valence-corrected chi connectivity index (χ0v) is 8.32. The Morgan fingerprint density at radius 2 is 1.86 bits per heavy atom. The fourth-order valence-corrected chi connectivity index (χ4v) is 1.21. The first kappa shape index (κ1) is 10.7. The van der Waals surface area contributed by atoms with E-state index in [4.69, 9.17) is 16.3 Å². The maximum absolute atomic E-state index is 11.0. The molecule has 0 bridgehead atoms. The van der Waals surface area contributed by atoms with Gasteiger partial charge in [0.2, 0.25) is 6.10 Å². The Bertz CT molecular complexity index is 334. The number of rotatable bonds is 3. The third-order valence-electron chi connectivity index (χ3n) is 1.59. The normalized spacial score (nSPS) is 11.9. The fraction of sp³-hybridized carbons (Fsp3) is 0.200. The van der Waals surface area contributed by atoms with Gasteiger partial charge in [0.15, 0.2) is 0 Å². The number of halogens is 1. The van der Waals surface area contributed by atoms with Crippen molar-refractivity contribution in [3.63, 3.8) is 0 Å². The Hall–Kier alpha value is -1.35. The van der Waals surface area contributed by atoms with Crippen molar-refractivity contribution in [3.05, 3.63) is 35.9 Å². The van der Waals surface area contributed by atoms with E-state index < -0.39 is 17.3 Å². The standard InChI is InChI=1S/C10H9ClO3/c1-7(12)14-9(10(11)13)8-5-3-2-4-6-8/h2-6,9H,1H3/t9-/m0/s1. The molecule has 0 saturated heterocycles. The van der Waals surface area contributed by atoms with Crippen LogP contribution in [0, 0.1) is 0 Å². The Balaban J connectivity index is 2.89. The van der Waals surface area contributed by atoms with Crippen LogP contribution in [0.15, 0.2) is 30.3 Å². The monoisotopic (exact) mass is 212 g/mol. The summed E-state index contributed by atoms with van der Waals surface area (Å²) in [5.41, 5.74) is 0.572. The van der Waals surface area contributed by atoms with Crippen LogP contribution in [0.4, 0.5) is 0 Å². The summed E-state index contributed by atoms with van der Waals surface area (Å²) < 4.78 is 4.78. The van der Waals surface area contributed by atoms with Crippen LogP contribution in [0.3, 0.4) is 0 Å². The smallest absolute Gasteiger partial charge is 0.303 e. The number of esters is 1. The number of carbonyl (C=O) groups excluding carboxylic acids is 2. The molecule has 0 amide bonds. The van der Waals surface area contributed by atoms with Gasteiger partial charge in [-0.05, 0) is 11.6 Å². The molecule has 4 heteroatoms. The molecule has 0 heterocycles. The maximum Gasteiger partial charge on any atom is 0.303 e. The molecule has 0 N–H and O–H groups in total. The van der Waals surface area contributed by atoms with Crippen molar-refractivity contribution in [3.8, 4) is 0 Å². The molecule has 0 spiro atoms. The zero-order valence-electron chi connectivity index (χ0n) is 7.57. The van der Waals surface area contributed by atoms with Gasteiger partial charge < -0.3 is 4.74 Å². The molecule has 0 aliphatic rings. The summed E-state index contributed by atoms with van der Waals surface area (Å²) in [6, 6.07) is 8.63.